The summed E-state index contributed by atoms with van der Waals surface area (Å²) in [4.78, 5) is 28.5. The van der Waals surface area contributed by atoms with E-state index in [-0.39, 0.29) is 18.7 Å². The number of rotatable bonds is 1. The minimum atomic E-state index is -1.09. The van der Waals surface area contributed by atoms with Crippen molar-refractivity contribution < 1.29 is 14.4 Å². The summed E-state index contributed by atoms with van der Waals surface area (Å²) in [5.41, 5.74) is 0.167. The van der Waals surface area contributed by atoms with Crippen LogP contribution in [0.2, 0.25) is 10.0 Å². The zero-order valence-corrected chi connectivity index (χ0v) is 11.8. The Morgan fingerprint density at radius 3 is 2.80 bits per heavy atom. The van der Waals surface area contributed by atoms with Gasteiger partial charge in [-0.05, 0) is 12.1 Å². The molecule has 1 saturated heterocycles. The fourth-order valence-corrected chi connectivity index (χ4v) is 2.85. The van der Waals surface area contributed by atoms with Crippen LogP contribution < -0.4 is 5.32 Å². The standard InChI is InChI=1S/C13H10Cl2N2O3/c14-7-1-2-8(9(15)5-7)10-6-13(20-17-10)4-3-11(18)16-12(13)19/h1-2,5H,3-4,6H2,(H,16,18,19). The Balaban J connectivity index is 1.86. The number of amides is 2. The number of benzene rings is 1. The van der Waals surface area contributed by atoms with E-state index >= 15 is 0 Å². The summed E-state index contributed by atoms with van der Waals surface area (Å²) in [7, 11) is 0. The number of hydrogen-bond donors (Lipinski definition) is 1. The third-order valence-corrected chi connectivity index (χ3v) is 4.00. The van der Waals surface area contributed by atoms with Crippen LogP contribution >= 0.6 is 23.2 Å². The highest BCUT2D eigenvalue weighted by Crippen LogP contribution is 2.35. The average Bonchev–Trinajstić information content (AvgIpc) is 2.80. The predicted octanol–water partition coefficient (Wildman–Crippen LogP) is 2.29. The van der Waals surface area contributed by atoms with Crippen molar-refractivity contribution in [2.45, 2.75) is 24.9 Å². The molecule has 104 valence electrons. The molecule has 1 N–H and O–H groups in total. The first kappa shape index (κ1) is 13.4. The largest absolute Gasteiger partial charge is 0.378 e. The predicted molar refractivity (Wildman–Crippen MR) is 73.8 cm³/mol. The number of imide groups is 1. The number of carbonyl (C=O) groups is 2. The van der Waals surface area contributed by atoms with Crippen molar-refractivity contribution in [3.63, 3.8) is 0 Å². The van der Waals surface area contributed by atoms with Gasteiger partial charge in [-0.15, -0.1) is 0 Å². The van der Waals surface area contributed by atoms with E-state index in [0.717, 1.165) is 0 Å². The highest BCUT2D eigenvalue weighted by molar-refractivity contribution is 6.37. The molecule has 2 amide bonds. The first-order valence-electron chi connectivity index (χ1n) is 6.05. The third kappa shape index (κ3) is 2.17. The van der Waals surface area contributed by atoms with Crippen LogP contribution in [0.15, 0.2) is 23.4 Å². The molecule has 2 aliphatic rings. The van der Waals surface area contributed by atoms with Gasteiger partial charge in [0.2, 0.25) is 11.5 Å². The molecule has 2 heterocycles. The molecule has 20 heavy (non-hydrogen) atoms. The maximum atomic E-state index is 12.0. The summed E-state index contributed by atoms with van der Waals surface area (Å²) in [5, 5.41) is 7.21. The Bertz CT molecular complexity index is 645. The van der Waals surface area contributed by atoms with Crippen LogP contribution in [0.4, 0.5) is 0 Å². The van der Waals surface area contributed by atoms with Crippen molar-refractivity contribution in [1.29, 1.82) is 0 Å². The quantitative estimate of drug-likeness (QED) is 0.809. The van der Waals surface area contributed by atoms with E-state index in [9.17, 15) is 9.59 Å². The lowest BCUT2D eigenvalue weighted by molar-refractivity contribution is -0.153. The molecule has 5 nitrogen and oxygen atoms in total. The van der Waals surface area contributed by atoms with E-state index in [1.165, 1.54) is 0 Å². The fraction of sp³-hybridized carbons (Fsp3) is 0.308. The summed E-state index contributed by atoms with van der Waals surface area (Å²) in [6, 6.07) is 5.04. The van der Waals surface area contributed by atoms with Gasteiger partial charge < -0.3 is 4.84 Å². The van der Waals surface area contributed by atoms with Gasteiger partial charge in [0.25, 0.3) is 5.91 Å². The minimum absolute atomic E-state index is 0.239. The van der Waals surface area contributed by atoms with Crippen molar-refractivity contribution in [2.75, 3.05) is 0 Å². The van der Waals surface area contributed by atoms with Crippen LogP contribution in [-0.4, -0.2) is 23.1 Å². The normalized spacial score (nSPS) is 25.4. The van der Waals surface area contributed by atoms with E-state index in [1.54, 1.807) is 18.2 Å². The van der Waals surface area contributed by atoms with E-state index in [4.69, 9.17) is 28.0 Å². The summed E-state index contributed by atoms with van der Waals surface area (Å²) >= 11 is 12.0. The molecule has 0 aromatic heterocycles. The molecular weight excluding hydrogens is 303 g/mol. The molecule has 2 aliphatic heterocycles. The van der Waals surface area contributed by atoms with Crippen LogP contribution in [0, 0.1) is 0 Å². The Hall–Kier alpha value is -1.59. The summed E-state index contributed by atoms with van der Waals surface area (Å²) in [5.74, 6) is -0.736. The Kier molecular flexibility index (Phi) is 3.18. The Labute approximate surface area is 124 Å². The first-order valence-corrected chi connectivity index (χ1v) is 6.80. The molecule has 1 fully saturated rings. The van der Waals surface area contributed by atoms with E-state index in [2.05, 4.69) is 10.5 Å². The lowest BCUT2D eigenvalue weighted by atomic mass is 9.86. The second-order valence-corrected chi connectivity index (χ2v) is 5.65. The third-order valence-electron chi connectivity index (χ3n) is 3.45. The molecule has 3 rings (SSSR count). The molecule has 1 aromatic rings. The number of oxime groups is 1. The topological polar surface area (TPSA) is 67.8 Å². The number of carbonyl (C=O) groups excluding carboxylic acids is 2. The second-order valence-electron chi connectivity index (χ2n) is 4.80. The van der Waals surface area contributed by atoms with Crippen LogP contribution in [0.5, 0.6) is 0 Å². The van der Waals surface area contributed by atoms with Gasteiger partial charge in [-0.2, -0.15) is 0 Å². The maximum Gasteiger partial charge on any atom is 0.274 e. The highest BCUT2D eigenvalue weighted by atomic mass is 35.5. The lowest BCUT2D eigenvalue weighted by Gasteiger charge is -2.28. The van der Waals surface area contributed by atoms with Crippen molar-refractivity contribution in [2.24, 2.45) is 5.16 Å². The van der Waals surface area contributed by atoms with Gasteiger partial charge in [0.05, 0.1) is 10.7 Å². The number of nitrogens with zero attached hydrogens (tertiary/aromatic N) is 1. The van der Waals surface area contributed by atoms with Gasteiger partial charge in [-0.1, -0.05) is 34.4 Å². The van der Waals surface area contributed by atoms with Crippen molar-refractivity contribution in [3.05, 3.63) is 33.8 Å². The van der Waals surface area contributed by atoms with Gasteiger partial charge in [-0.3, -0.25) is 14.9 Å². The van der Waals surface area contributed by atoms with Crippen LogP contribution in [0.1, 0.15) is 24.8 Å². The molecule has 0 radical (unpaired) electrons. The highest BCUT2D eigenvalue weighted by Gasteiger charge is 2.50. The Morgan fingerprint density at radius 1 is 1.30 bits per heavy atom. The fourth-order valence-electron chi connectivity index (χ4n) is 2.33. The summed E-state index contributed by atoms with van der Waals surface area (Å²) < 4.78 is 0. The average molecular weight is 313 g/mol. The second kappa shape index (κ2) is 4.75. The zero-order chi connectivity index (χ0) is 14.3. The van der Waals surface area contributed by atoms with Crippen LogP contribution in [-0.2, 0) is 14.4 Å². The van der Waals surface area contributed by atoms with Gasteiger partial charge in [-0.25, -0.2) is 0 Å². The molecule has 0 aliphatic carbocycles. The van der Waals surface area contributed by atoms with Crippen molar-refractivity contribution >= 4 is 40.7 Å². The van der Waals surface area contributed by atoms with Crippen LogP contribution in [0.25, 0.3) is 0 Å². The van der Waals surface area contributed by atoms with Gasteiger partial charge in [0, 0.05) is 29.8 Å². The zero-order valence-electron chi connectivity index (χ0n) is 10.3. The van der Waals surface area contributed by atoms with Gasteiger partial charge in [0.15, 0.2) is 0 Å². The molecule has 0 bridgehead atoms. The minimum Gasteiger partial charge on any atom is -0.378 e. The molecule has 1 unspecified atom stereocenters. The van der Waals surface area contributed by atoms with Crippen LogP contribution in [0.3, 0.4) is 0 Å². The number of piperidine rings is 1. The smallest absolute Gasteiger partial charge is 0.274 e. The van der Waals surface area contributed by atoms with Gasteiger partial charge >= 0.3 is 0 Å². The van der Waals surface area contributed by atoms with Gasteiger partial charge in [0.1, 0.15) is 0 Å². The molecule has 1 aromatic carbocycles. The number of halogens is 2. The molecule has 0 saturated carbocycles. The SMILES string of the molecule is O=C1CCC2(CC(c3ccc(Cl)cc3Cl)=NO2)C(=O)N1. The molecule has 1 atom stereocenters. The maximum absolute atomic E-state index is 12.0. The molecule has 1 spiro atoms. The Morgan fingerprint density at radius 2 is 2.10 bits per heavy atom. The molecule has 7 heteroatoms. The van der Waals surface area contributed by atoms with E-state index in [0.29, 0.717) is 27.7 Å². The summed E-state index contributed by atoms with van der Waals surface area (Å²) in [6.45, 7) is 0. The number of nitrogens with one attached hydrogen (secondary N) is 1. The van der Waals surface area contributed by atoms with Crippen molar-refractivity contribution in [3.8, 4) is 0 Å². The van der Waals surface area contributed by atoms with E-state index < -0.39 is 11.5 Å². The molecular formula is C13H10Cl2N2O3. The summed E-state index contributed by atoms with van der Waals surface area (Å²) in [6.07, 6.45) is 0.840. The lowest BCUT2D eigenvalue weighted by Crippen LogP contribution is -2.53. The number of hydrogen-bond acceptors (Lipinski definition) is 4. The monoisotopic (exact) mass is 312 g/mol. The van der Waals surface area contributed by atoms with E-state index in [1.807, 2.05) is 0 Å². The first-order chi connectivity index (χ1) is 9.50. The van der Waals surface area contributed by atoms with Crippen molar-refractivity contribution in [1.82, 2.24) is 5.32 Å².